The van der Waals surface area contributed by atoms with Crippen LogP contribution in [0.25, 0.3) is 0 Å². The van der Waals surface area contributed by atoms with Gasteiger partial charge in [-0.15, -0.1) is 0 Å². The Morgan fingerprint density at radius 2 is 1.74 bits per heavy atom. The summed E-state index contributed by atoms with van der Waals surface area (Å²) >= 11 is 0. The van der Waals surface area contributed by atoms with E-state index < -0.39 is 36.2 Å². The first-order chi connectivity index (χ1) is 10.8. The molecule has 11 heteroatoms. The fourth-order valence-electron chi connectivity index (χ4n) is 1.74. The van der Waals surface area contributed by atoms with Crippen LogP contribution < -0.4 is 27.6 Å². The Hall–Kier alpha value is -1.92. The molecule has 0 aliphatic rings. The van der Waals surface area contributed by atoms with E-state index >= 15 is 0 Å². The smallest absolute Gasteiger partial charge is 0.327 e. The van der Waals surface area contributed by atoms with Crippen molar-refractivity contribution < 1.29 is 20.4 Å². The van der Waals surface area contributed by atoms with Crippen LogP contribution in [0.4, 0.5) is 11.5 Å². The standard InChI is InChI=1S/C12H23N5O6/c1-5(13)2-14-8-10(16-12(23)17-11(8)22)15-3-6(19)9(21)7(20)4-18/h5-7,9,14,18-21H,2-4,13H2,1H3,(H3,15,16,17,22,23)/t5-,6+,7+,9+/m1/s1. The van der Waals surface area contributed by atoms with Gasteiger partial charge in [0.05, 0.1) is 12.7 Å². The Kier molecular flexibility index (Phi) is 7.19. The number of H-pyrrole nitrogens is 2. The molecule has 23 heavy (non-hydrogen) atoms. The minimum atomic E-state index is -1.60. The third-order valence-corrected chi connectivity index (χ3v) is 3.01. The van der Waals surface area contributed by atoms with Gasteiger partial charge in [0.1, 0.15) is 23.7 Å². The SMILES string of the molecule is C[C@@H](N)CNc1c(NC[C@H](O)[C@H](O)[C@@H](O)CO)[nH]c(=O)[nH]c1=O. The van der Waals surface area contributed by atoms with Gasteiger partial charge in [0, 0.05) is 19.1 Å². The van der Waals surface area contributed by atoms with Crippen LogP contribution in [0.5, 0.6) is 0 Å². The zero-order valence-electron chi connectivity index (χ0n) is 12.6. The Balaban J connectivity index is 2.86. The number of nitrogens with one attached hydrogen (secondary N) is 4. The molecule has 0 saturated heterocycles. The van der Waals surface area contributed by atoms with Crippen LogP contribution in [0.3, 0.4) is 0 Å². The lowest BCUT2D eigenvalue weighted by atomic mass is 10.1. The van der Waals surface area contributed by atoms with Crippen LogP contribution in [0.1, 0.15) is 6.92 Å². The van der Waals surface area contributed by atoms with Crippen LogP contribution in [-0.2, 0) is 0 Å². The second-order valence-electron chi connectivity index (χ2n) is 5.21. The maximum atomic E-state index is 11.8. The van der Waals surface area contributed by atoms with Crippen molar-refractivity contribution in [2.24, 2.45) is 5.73 Å². The minimum absolute atomic E-state index is 0.00383. The molecule has 0 fully saturated rings. The summed E-state index contributed by atoms with van der Waals surface area (Å²) in [7, 11) is 0. The molecule has 132 valence electrons. The Labute approximate surface area is 131 Å². The second kappa shape index (κ2) is 8.64. The summed E-state index contributed by atoms with van der Waals surface area (Å²) in [6.07, 6.45) is -4.55. The third kappa shape index (κ3) is 5.65. The highest BCUT2D eigenvalue weighted by atomic mass is 16.4. The lowest BCUT2D eigenvalue weighted by Gasteiger charge is -2.22. The van der Waals surface area contributed by atoms with E-state index in [0.29, 0.717) is 0 Å². The van der Waals surface area contributed by atoms with E-state index in [4.69, 9.17) is 10.8 Å². The largest absolute Gasteiger partial charge is 0.394 e. The molecule has 0 radical (unpaired) electrons. The van der Waals surface area contributed by atoms with Gasteiger partial charge in [-0.3, -0.25) is 14.8 Å². The number of rotatable bonds is 9. The lowest BCUT2D eigenvalue weighted by molar-refractivity contribution is -0.0715. The molecule has 0 bridgehead atoms. The molecule has 1 aromatic heterocycles. The van der Waals surface area contributed by atoms with E-state index in [1.54, 1.807) is 6.92 Å². The minimum Gasteiger partial charge on any atom is -0.394 e. The molecule has 0 aromatic carbocycles. The molecule has 0 unspecified atom stereocenters. The van der Waals surface area contributed by atoms with Gasteiger partial charge in [0.15, 0.2) is 0 Å². The number of nitrogens with two attached hydrogens (primary N) is 1. The highest BCUT2D eigenvalue weighted by Gasteiger charge is 2.24. The predicted octanol–water partition coefficient (Wildman–Crippen LogP) is -3.69. The molecule has 0 aliphatic heterocycles. The highest BCUT2D eigenvalue weighted by molar-refractivity contribution is 5.62. The third-order valence-electron chi connectivity index (χ3n) is 3.01. The molecule has 1 heterocycles. The number of hydrogen-bond acceptors (Lipinski definition) is 9. The average Bonchev–Trinajstić information content (AvgIpc) is 2.49. The number of aromatic nitrogens is 2. The van der Waals surface area contributed by atoms with Crippen molar-refractivity contribution in [2.45, 2.75) is 31.3 Å². The maximum Gasteiger partial charge on any atom is 0.327 e. The van der Waals surface area contributed by atoms with Crippen LogP contribution in [0.2, 0.25) is 0 Å². The van der Waals surface area contributed by atoms with Crippen molar-refractivity contribution in [3.63, 3.8) is 0 Å². The van der Waals surface area contributed by atoms with Gasteiger partial charge >= 0.3 is 5.69 Å². The van der Waals surface area contributed by atoms with Crippen molar-refractivity contribution in [1.29, 1.82) is 0 Å². The number of aromatic amines is 2. The first-order valence-corrected chi connectivity index (χ1v) is 7.01. The van der Waals surface area contributed by atoms with E-state index in [-0.39, 0.29) is 30.6 Å². The molecule has 1 rings (SSSR count). The molecule has 0 saturated carbocycles. The first-order valence-electron chi connectivity index (χ1n) is 7.01. The van der Waals surface area contributed by atoms with E-state index in [1.165, 1.54) is 0 Å². The second-order valence-corrected chi connectivity index (χ2v) is 5.21. The van der Waals surface area contributed by atoms with Crippen molar-refractivity contribution >= 4 is 11.5 Å². The molecule has 11 nitrogen and oxygen atoms in total. The average molecular weight is 333 g/mol. The molecule has 4 atom stereocenters. The van der Waals surface area contributed by atoms with Crippen LogP contribution in [0, 0.1) is 0 Å². The van der Waals surface area contributed by atoms with Crippen molar-refractivity contribution in [1.82, 2.24) is 9.97 Å². The Bertz CT molecular complexity index is 600. The molecule has 0 aliphatic carbocycles. The van der Waals surface area contributed by atoms with Crippen molar-refractivity contribution in [3.05, 3.63) is 20.8 Å². The predicted molar refractivity (Wildman–Crippen MR) is 83.4 cm³/mol. The van der Waals surface area contributed by atoms with E-state index in [1.807, 2.05) is 4.98 Å². The molecular formula is C12H23N5O6. The van der Waals surface area contributed by atoms with Crippen molar-refractivity contribution in [3.8, 4) is 0 Å². The zero-order chi connectivity index (χ0) is 17.6. The quantitative estimate of drug-likeness (QED) is 0.218. The first kappa shape index (κ1) is 19.1. The summed E-state index contributed by atoms with van der Waals surface area (Å²) in [6.45, 7) is 0.973. The Morgan fingerprint density at radius 3 is 2.30 bits per heavy atom. The van der Waals surface area contributed by atoms with Gasteiger partial charge in [0.25, 0.3) is 5.56 Å². The van der Waals surface area contributed by atoms with E-state index in [2.05, 4.69) is 15.6 Å². The molecule has 10 N–H and O–H groups in total. The highest BCUT2D eigenvalue weighted by Crippen LogP contribution is 2.11. The number of aliphatic hydroxyl groups is 4. The van der Waals surface area contributed by atoms with Gasteiger partial charge in [-0.05, 0) is 6.92 Å². The topological polar surface area (TPSA) is 197 Å². The van der Waals surface area contributed by atoms with Gasteiger partial charge in [-0.2, -0.15) is 0 Å². The van der Waals surface area contributed by atoms with Crippen LogP contribution >= 0.6 is 0 Å². The van der Waals surface area contributed by atoms with E-state index in [0.717, 1.165) is 0 Å². The van der Waals surface area contributed by atoms with Crippen LogP contribution in [-0.4, -0.2) is 74.4 Å². The Morgan fingerprint density at radius 1 is 1.09 bits per heavy atom. The number of anilines is 2. The number of hydrogen-bond donors (Lipinski definition) is 9. The normalized spacial score (nSPS) is 16.4. The molecular weight excluding hydrogens is 310 g/mol. The summed E-state index contributed by atoms with van der Waals surface area (Å²) in [5.74, 6) is 0.00383. The summed E-state index contributed by atoms with van der Waals surface area (Å²) in [6, 6.07) is -0.249. The molecule has 0 spiro atoms. The zero-order valence-corrected chi connectivity index (χ0v) is 12.6. The van der Waals surface area contributed by atoms with E-state index in [9.17, 15) is 24.9 Å². The maximum absolute atomic E-state index is 11.8. The summed E-state index contributed by atoms with van der Waals surface area (Å²) < 4.78 is 0. The van der Waals surface area contributed by atoms with Gasteiger partial charge in [0.2, 0.25) is 0 Å². The summed E-state index contributed by atoms with van der Waals surface area (Å²) in [5, 5.41) is 42.6. The molecule has 1 aromatic rings. The van der Waals surface area contributed by atoms with Gasteiger partial charge < -0.3 is 36.8 Å². The fourth-order valence-corrected chi connectivity index (χ4v) is 1.74. The fraction of sp³-hybridized carbons (Fsp3) is 0.667. The molecule has 0 amide bonds. The van der Waals surface area contributed by atoms with Crippen molar-refractivity contribution in [2.75, 3.05) is 30.3 Å². The van der Waals surface area contributed by atoms with Gasteiger partial charge in [-0.25, -0.2) is 4.79 Å². The lowest BCUT2D eigenvalue weighted by Crippen LogP contribution is -2.43. The summed E-state index contributed by atoms with van der Waals surface area (Å²) in [5.41, 5.74) is 4.18. The van der Waals surface area contributed by atoms with Gasteiger partial charge in [-0.1, -0.05) is 0 Å². The number of aliphatic hydroxyl groups excluding tert-OH is 4. The monoisotopic (exact) mass is 333 g/mol. The summed E-state index contributed by atoms with van der Waals surface area (Å²) in [4.78, 5) is 27.5. The van der Waals surface area contributed by atoms with Crippen LogP contribution in [0.15, 0.2) is 9.59 Å².